The number of fused-ring (bicyclic) bond motifs is 1. The lowest BCUT2D eigenvalue weighted by Crippen LogP contribution is -2.04. The maximum Gasteiger partial charge on any atom is 0.416 e. The Bertz CT molecular complexity index is 1250. The van der Waals surface area contributed by atoms with Gasteiger partial charge in [0.2, 0.25) is 0 Å². The predicted octanol–water partition coefficient (Wildman–Crippen LogP) is 5.59. The summed E-state index contributed by atoms with van der Waals surface area (Å²) in [7, 11) is 0. The van der Waals surface area contributed by atoms with Crippen LogP contribution < -0.4 is 5.32 Å². The molecule has 0 spiro atoms. The number of benzene rings is 1. The molecule has 3 aromatic heterocycles. The highest BCUT2D eigenvalue weighted by atomic mass is 19.4. The van der Waals surface area contributed by atoms with Gasteiger partial charge in [-0.25, -0.2) is 9.50 Å². The number of hydrogen-bond acceptors (Lipinski definition) is 4. The number of anilines is 2. The summed E-state index contributed by atoms with van der Waals surface area (Å²) in [6.07, 6.45) is -1.88. The van der Waals surface area contributed by atoms with Crippen LogP contribution in [0.2, 0.25) is 0 Å². The number of hydrogen-bond donors (Lipinski definition) is 1. The second-order valence-electron chi connectivity index (χ2n) is 6.64. The Morgan fingerprint density at radius 3 is 2.53 bits per heavy atom. The minimum Gasteiger partial charge on any atom is -0.340 e. The highest BCUT2D eigenvalue weighted by Gasteiger charge is 2.30. The molecule has 0 amide bonds. The fraction of sp³-hybridized carbons (Fsp3) is 0.136. The third-order valence-electron chi connectivity index (χ3n) is 4.64. The lowest BCUT2D eigenvalue weighted by Gasteiger charge is -2.11. The summed E-state index contributed by atoms with van der Waals surface area (Å²) >= 11 is 0. The van der Waals surface area contributed by atoms with Crippen LogP contribution >= 0.6 is 0 Å². The third-order valence-corrected chi connectivity index (χ3v) is 4.64. The van der Waals surface area contributed by atoms with Crippen LogP contribution in [0.1, 0.15) is 23.7 Å². The lowest BCUT2D eigenvalue weighted by atomic mass is 10.1. The second-order valence-corrected chi connectivity index (χ2v) is 6.64. The first kappa shape index (κ1) is 19.5. The van der Waals surface area contributed by atoms with Gasteiger partial charge in [0.05, 0.1) is 34.1 Å². The maximum absolute atomic E-state index is 12.8. The van der Waals surface area contributed by atoms with Crippen molar-refractivity contribution in [1.82, 2.24) is 14.6 Å². The van der Waals surface area contributed by atoms with Crippen molar-refractivity contribution < 1.29 is 13.2 Å². The molecule has 0 saturated carbocycles. The fourth-order valence-corrected chi connectivity index (χ4v) is 3.25. The predicted molar refractivity (Wildman–Crippen MR) is 107 cm³/mol. The normalized spacial score (nSPS) is 11.4. The summed E-state index contributed by atoms with van der Waals surface area (Å²) in [5.41, 5.74) is 3.18. The van der Waals surface area contributed by atoms with Crippen LogP contribution in [-0.2, 0) is 12.6 Å². The molecule has 0 fully saturated rings. The topological polar surface area (TPSA) is 66.0 Å². The summed E-state index contributed by atoms with van der Waals surface area (Å²) in [5.74, 6) is 0.362. The molecule has 1 N–H and O–H groups in total. The average molecular weight is 407 g/mol. The molecule has 1 aromatic carbocycles. The number of halogens is 3. The largest absolute Gasteiger partial charge is 0.416 e. The van der Waals surface area contributed by atoms with Gasteiger partial charge in [-0.3, -0.25) is 0 Å². The Morgan fingerprint density at radius 1 is 1.10 bits per heavy atom. The minimum absolute atomic E-state index is 0.362. The van der Waals surface area contributed by atoms with Crippen molar-refractivity contribution in [3.63, 3.8) is 0 Å². The SMILES string of the molecule is CCc1nn2ccccc2c1-c1cc(C#N)cc(Nc2ccc(C(F)(F)F)cc2)n1. The first-order valence-corrected chi connectivity index (χ1v) is 9.22. The van der Waals surface area contributed by atoms with Gasteiger partial charge in [-0.15, -0.1) is 0 Å². The molecule has 3 heterocycles. The van der Waals surface area contributed by atoms with Gasteiger partial charge in [0.25, 0.3) is 0 Å². The molecule has 150 valence electrons. The number of aryl methyl sites for hydroxylation is 1. The van der Waals surface area contributed by atoms with Crippen molar-refractivity contribution in [2.45, 2.75) is 19.5 Å². The van der Waals surface area contributed by atoms with Crippen LogP contribution in [0, 0.1) is 11.3 Å². The van der Waals surface area contributed by atoms with Gasteiger partial charge in [0.1, 0.15) is 5.82 Å². The quantitative estimate of drug-likeness (QED) is 0.479. The van der Waals surface area contributed by atoms with Crippen molar-refractivity contribution in [2.75, 3.05) is 5.32 Å². The molecule has 4 rings (SSSR count). The van der Waals surface area contributed by atoms with E-state index in [1.807, 2.05) is 31.3 Å². The first-order valence-electron chi connectivity index (χ1n) is 9.22. The smallest absolute Gasteiger partial charge is 0.340 e. The average Bonchev–Trinajstić information content (AvgIpc) is 3.12. The molecule has 0 bridgehead atoms. The van der Waals surface area contributed by atoms with E-state index in [2.05, 4.69) is 21.5 Å². The van der Waals surface area contributed by atoms with Crippen LogP contribution in [0.15, 0.2) is 60.8 Å². The van der Waals surface area contributed by atoms with Crippen molar-refractivity contribution >= 4 is 17.0 Å². The van der Waals surface area contributed by atoms with E-state index in [-0.39, 0.29) is 0 Å². The molecule has 0 radical (unpaired) electrons. The zero-order valence-corrected chi connectivity index (χ0v) is 15.9. The van der Waals surface area contributed by atoms with Gasteiger partial charge < -0.3 is 5.32 Å². The number of pyridine rings is 2. The van der Waals surface area contributed by atoms with E-state index in [4.69, 9.17) is 0 Å². The van der Waals surface area contributed by atoms with Crippen LogP contribution in [-0.4, -0.2) is 14.6 Å². The lowest BCUT2D eigenvalue weighted by molar-refractivity contribution is -0.137. The fourth-order valence-electron chi connectivity index (χ4n) is 3.25. The zero-order valence-electron chi connectivity index (χ0n) is 15.9. The highest BCUT2D eigenvalue weighted by Crippen LogP contribution is 2.32. The standard InChI is InChI=1S/C22H16F3N5/c1-2-17-21(19-5-3-4-10-30(19)29-17)18-11-14(13-26)12-20(28-18)27-16-8-6-15(7-9-16)22(23,24)25/h3-12H,2H2,1H3,(H,27,28). The molecule has 0 unspecified atom stereocenters. The van der Waals surface area contributed by atoms with Crippen molar-refractivity contribution in [1.29, 1.82) is 5.26 Å². The number of alkyl halides is 3. The van der Waals surface area contributed by atoms with Crippen LogP contribution in [0.4, 0.5) is 24.7 Å². The summed E-state index contributed by atoms with van der Waals surface area (Å²) in [5, 5.41) is 17.0. The van der Waals surface area contributed by atoms with E-state index in [1.165, 1.54) is 12.1 Å². The molecular formula is C22H16F3N5. The van der Waals surface area contributed by atoms with Gasteiger partial charge in [-0.05, 0) is 55.0 Å². The van der Waals surface area contributed by atoms with E-state index in [9.17, 15) is 18.4 Å². The summed E-state index contributed by atoms with van der Waals surface area (Å²) in [6.45, 7) is 1.99. The van der Waals surface area contributed by atoms with Crippen LogP contribution in [0.3, 0.4) is 0 Å². The zero-order chi connectivity index (χ0) is 21.3. The van der Waals surface area contributed by atoms with Gasteiger partial charge >= 0.3 is 6.18 Å². The molecule has 0 aliphatic carbocycles. The van der Waals surface area contributed by atoms with Gasteiger partial charge in [-0.1, -0.05) is 13.0 Å². The summed E-state index contributed by atoms with van der Waals surface area (Å²) in [6, 6.07) is 15.7. The monoisotopic (exact) mass is 407 g/mol. The van der Waals surface area contributed by atoms with E-state index in [0.29, 0.717) is 29.2 Å². The first-order chi connectivity index (χ1) is 14.4. The molecule has 0 atom stereocenters. The third kappa shape index (κ3) is 3.70. The molecular weight excluding hydrogens is 391 g/mol. The molecule has 0 aliphatic heterocycles. The van der Waals surface area contributed by atoms with E-state index >= 15 is 0 Å². The molecule has 8 heteroatoms. The number of nitriles is 1. The van der Waals surface area contributed by atoms with E-state index in [0.717, 1.165) is 28.9 Å². The molecule has 5 nitrogen and oxygen atoms in total. The number of nitrogens with one attached hydrogen (secondary N) is 1. The Morgan fingerprint density at radius 2 is 1.87 bits per heavy atom. The van der Waals surface area contributed by atoms with Crippen LogP contribution in [0.25, 0.3) is 16.8 Å². The molecule has 0 saturated heterocycles. The number of nitrogens with zero attached hydrogens (tertiary/aromatic N) is 4. The molecule has 4 aromatic rings. The van der Waals surface area contributed by atoms with Crippen molar-refractivity contribution in [3.05, 3.63) is 77.6 Å². The van der Waals surface area contributed by atoms with E-state index < -0.39 is 11.7 Å². The van der Waals surface area contributed by atoms with Gasteiger partial charge in [-0.2, -0.15) is 23.5 Å². The van der Waals surface area contributed by atoms with E-state index in [1.54, 1.807) is 16.6 Å². The van der Waals surface area contributed by atoms with Gasteiger partial charge in [0.15, 0.2) is 0 Å². The summed E-state index contributed by atoms with van der Waals surface area (Å²) in [4.78, 5) is 4.61. The van der Waals surface area contributed by atoms with Crippen molar-refractivity contribution in [2.24, 2.45) is 0 Å². The number of aromatic nitrogens is 3. The molecule has 30 heavy (non-hydrogen) atoms. The van der Waals surface area contributed by atoms with Crippen LogP contribution in [0.5, 0.6) is 0 Å². The highest BCUT2D eigenvalue weighted by molar-refractivity contribution is 5.82. The van der Waals surface area contributed by atoms with Gasteiger partial charge in [0, 0.05) is 17.4 Å². The van der Waals surface area contributed by atoms with Crippen molar-refractivity contribution in [3.8, 4) is 17.3 Å². The Labute approximate surface area is 170 Å². The second kappa shape index (κ2) is 7.52. The Balaban J connectivity index is 1.76. The Kier molecular flexibility index (Phi) is 4.88. The number of rotatable bonds is 4. The maximum atomic E-state index is 12.8. The molecule has 0 aliphatic rings. The Hall–Kier alpha value is -3.86. The minimum atomic E-state index is -4.40. The summed E-state index contributed by atoms with van der Waals surface area (Å²) < 4.78 is 40.1.